The molecule has 57 heavy (non-hydrogen) atoms. The van der Waals surface area contributed by atoms with Gasteiger partial charge in [0.2, 0.25) is 0 Å². The van der Waals surface area contributed by atoms with Gasteiger partial charge in [-0.2, -0.15) is 0 Å². The van der Waals surface area contributed by atoms with E-state index in [-0.39, 0.29) is 19.4 Å². The number of esters is 2. The third-order valence-corrected chi connectivity index (χ3v) is 9.33. The molecule has 0 aliphatic rings. The lowest BCUT2D eigenvalue weighted by Gasteiger charge is -2.20. The van der Waals surface area contributed by atoms with Crippen LogP contribution in [0.1, 0.15) is 149 Å². The van der Waals surface area contributed by atoms with Crippen molar-refractivity contribution in [3.8, 4) is 0 Å². The topological polar surface area (TPSA) is 172 Å². The van der Waals surface area contributed by atoms with Crippen LogP contribution in [0.25, 0.3) is 0 Å². The zero-order chi connectivity index (χ0) is 42.1. The third-order valence-electron chi connectivity index (χ3n) is 8.38. The highest BCUT2D eigenvalue weighted by Gasteiger charge is 2.28. The van der Waals surface area contributed by atoms with Crippen molar-refractivity contribution in [3.05, 3.63) is 85.1 Å². The molecule has 0 aromatic heterocycles. The first-order valence-electron chi connectivity index (χ1n) is 21.1. The summed E-state index contributed by atoms with van der Waals surface area (Å²) in [5.74, 6) is -2.45. The summed E-state index contributed by atoms with van der Waals surface area (Å²) in [7, 11) is -4.73. The molecule has 0 amide bonds. The molecule has 0 saturated carbocycles. The first-order valence-corrected chi connectivity index (χ1v) is 22.6. The van der Waals surface area contributed by atoms with E-state index >= 15 is 0 Å². The van der Waals surface area contributed by atoms with Crippen LogP contribution in [0, 0.1) is 0 Å². The fraction of sp³-hybridized carbons (Fsp3) is 0.622. The van der Waals surface area contributed by atoms with Crippen molar-refractivity contribution in [2.45, 2.75) is 161 Å². The second-order valence-corrected chi connectivity index (χ2v) is 15.2. The Bertz CT molecular complexity index is 1290. The van der Waals surface area contributed by atoms with Crippen molar-refractivity contribution in [1.29, 1.82) is 0 Å². The van der Waals surface area contributed by atoms with Crippen LogP contribution < -0.4 is 5.73 Å². The molecule has 0 heterocycles. The Balaban J connectivity index is 4.49. The van der Waals surface area contributed by atoms with Crippen LogP contribution in [0.2, 0.25) is 0 Å². The number of aliphatic carboxylic acids is 1. The molecule has 12 heteroatoms. The van der Waals surface area contributed by atoms with Gasteiger partial charge in [-0.25, -0.2) is 4.57 Å². The summed E-state index contributed by atoms with van der Waals surface area (Å²) in [6, 6.07) is -1.53. The SMILES string of the molecule is CC/C=C/C/C=C/C/C=C/C/C=C/C/C=C/CCCCCC(=O)O[C@H](COC(=O)CCCCCCC/C=C/C/C=C/CCCC)COP(=O)(O)OC[C@H](N)C(=O)O. The largest absolute Gasteiger partial charge is 0.480 e. The van der Waals surface area contributed by atoms with E-state index in [0.717, 1.165) is 96.3 Å². The number of carbonyl (C=O) groups excluding carboxylic acids is 2. The maximum absolute atomic E-state index is 12.6. The molecule has 0 aliphatic heterocycles. The molecular weight excluding hydrogens is 745 g/mol. The average molecular weight is 820 g/mol. The average Bonchev–Trinajstić information content (AvgIpc) is 3.19. The monoisotopic (exact) mass is 820 g/mol. The fourth-order valence-electron chi connectivity index (χ4n) is 5.05. The Morgan fingerprint density at radius 2 is 0.982 bits per heavy atom. The number of rotatable bonds is 38. The summed E-state index contributed by atoms with van der Waals surface area (Å²) in [4.78, 5) is 45.9. The molecule has 0 aromatic rings. The Hall–Kier alpha value is -3.34. The molecule has 0 spiro atoms. The third kappa shape index (κ3) is 39.3. The van der Waals surface area contributed by atoms with E-state index in [1.54, 1.807) is 0 Å². The van der Waals surface area contributed by atoms with E-state index < -0.39 is 51.1 Å². The highest BCUT2D eigenvalue weighted by atomic mass is 31.2. The van der Waals surface area contributed by atoms with Crippen LogP contribution in [-0.4, -0.2) is 59.9 Å². The summed E-state index contributed by atoms with van der Waals surface area (Å²) >= 11 is 0. The van der Waals surface area contributed by atoms with Crippen molar-refractivity contribution in [2.24, 2.45) is 5.73 Å². The number of phosphoric acid groups is 1. The Morgan fingerprint density at radius 1 is 0.561 bits per heavy atom. The first kappa shape index (κ1) is 53.7. The summed E-state index contributed by atoms with van der Waals surface area (Å²) in [5, 5.41) is 8.88. The quantitative estimate of drug-likeness (QED) is 0.0234. The number of allylic oxidation sites excluding steroid dienone is 14. The van der Waals surface area contributed by atoms with Gasteiger partial charge < -0.3 is 25.2 Å². The van der Waals surface area contributed by atoms with Gasteiger partial charge in [0.05, 0.1) is 13.2 Å². The molecule has 324 valence electrons. The van der Waals surface area contributed by atoms with Crippen molar-refractivity contribution in [2.75, 3.05) is 19.8 Å². The number of hydrogen-bond donors (Lipinski definition) is 3. The van der Waals surface area contributed by atoms with E-state index in [2.05, 4.69) is 103 Å². The number of ether oxygens (including phenoxy) is 2. The zero-order valence-electron chi connectivity index (χ0n) is 34.9. The molecule has 1 unspecified atom stereocenters. The van der Waals surface area contributed by atoms with Gasteiger partial charge in [0.25, 0.3) is 0 Å². The number of unbranched alkanes of at least 4 members (excludes halogenated alkanes) is 10. The van der Waals surface area contributed by atoms with Gasteiger partial charge in [0, 0.05) is 12.8 Å². The molecule has 0 rings (SSSR count). The number of hydrogen-bond acceptors (Lipinski definition) is 9. The molecule has 4 N–H and O–H groups in total. The number of carboxylic acids is 1. The minimum Gasteiger partial charge on any atom is -0.480 e. The normalized spacial score (nSPS) is 14.6. The van der Waals surface area contributed by atoms with Crippen LogP contribution in [0.3, 0.4) is 0 Å². The molecule has 0 aliphatic carbocycles. The van der Waals surface area contributed by atoms with Gasteiger partial charge in [-0.15, -0.1) is 0 Å². The first-order chi connectivity index (χ1) is 27.6. The summed E-state index contributed by atoms with van der Waals surface area (Å²) in [6.45, 7) is 2.58. The summed E-state index contributed by atoms with van der Waals surface area (Å²) in [6.07, 6.45) is 47.9. The molecule has 11 nitrogen and oxygen atoms in total. The second kappa shape index (κ2) is 39.5. The van der Waals surface area contributed by atoms with E-state index in [4.69, 9.17) is 24.8 Å². The highest BCUT2D eigenvalue weighted by molar-refractivity contribution is 7.47. The summed E-state index contributed by atoms with van der Waals surface area (Å²) < 4.78 is 32.6. The predicted octanol–water partition coefficient (Wildman–Crippen LogP) is 11.1. The predicted molar refractivity (Wildman–Crippen MR) is 230 cm³/mol. The number of nitrogens with two attached hydrogens (primary N) is 1. The lowest BCUT2D eigenvalue weighted by molar-refractivity contribution is -0.161. The lowest BCUT2D eigenvalue weighted by Crippen LogP contribution is -2.34. The van der Waals surface area contributed by atoms with Crippen LogP contribution in [-0.2, 0) is 37.5 Å². The van der Waals surface area contributed by atoms with Crippen molar-refractivity contribution in [1.82, 2.24) is 0 Å². The van der Waals surface area contributed by atoms with Crippen LogP contribution in [0.15, 0.2) is 85.1 Å². The van der Waals surface area contributed by atoms with E-state index in [9.17, 15) is 23.8 Å². The van der Waals surface area contributed by atoms with Crippen LogP contribution in [0.4, 0.5) is 0 Å². The van der Waals surface area contributed by atoms with Crippen LogP contribution >= 0.6 is 7.82 Å². The second-order valence-electron chi connectivity index (χ2n) is 13.7. The van der Waals surface area contributed by atoms with Gasteiger partial charge in [-0.3, -0.25) is 23.4 Å². The van der Waals surface area contributed by atoms with Crippen molar-refractivity contribution in [3.63, 3.8) is 0 Å². The lowest BCUT2D eigenvalue weighted by atomic mass is 10.1. The molecular formula is C45H74NO10P. The number of phosphoric ester groups is 1. The van der Waals surface area contributed by atoms with Crippen molar-refractivity contribution >= 4 is 25.7 Å². The molecule has 0 radical (unpaired) electrons. The van der Waals surface area contributed by atoms with Crippen molar-refractivity contribution < 1.29 is 47.5 Å². The summed E-state index contributed by atoms with van der Waals surface area (Å²) in [5.41, 5.74) is 5.32. The van der Waals surface area contributed by atoms with Gasteiger partial charge in [-0.1, -0.05) is 137 Å². The molecule has 0 saturated heterocycles. The van der Waals surface area contributed by atoms with E-state index in [1.165, 1.54) is 12.8 Å². The van der Waals surface area contributed by atoms with Gasteiger partial charge >= 0.3 is 25.7 Å². The number of carbonyl (C=O) groups is 3. The minimum atomic E-state index is -4.73. The molecule has 0 bridgehead atoms. The van der Waals surface area contributed by atoms with E-state index in [0.29, 0.717) is 12.8 Å². The Morgan fingerprint density at radius 3 is 1.49 bits per heavy atom. The molecule has 0 fully saturated rings. The van der Waals surface area contributed by atoms with E-state index in [1.807, 2.05) is 0 Å². The van der Waals surface area contributed by atoms with Gasteiger partial charge in [0.1, 0.15) is 12.6 Å². The maximum atomic E-state index is 12.6. The maximum Gasteiger partial charge on any atom is 0.472 e. The highest BCUT2D eigenvalue weighted by Crippen LogP contribution is 2.43. The standard InChI is InChI=1S/C45H74NO10P/c1-3-5-7-9-11-13-15-17-19-20-21-22-23-25-27-29-31-33-35-37-44(48)56-41(39-54-57(51,52)55-40-42(46)45(49)50)38-53-43(47)36-34-32-30-28-26-24-18-16-14-12-10-8-6-4-2/h5,7,10-13,16-19,21-22,25,27,41-42H,3-4,6,8-9,14-15,20,23-24,26,28-40,46H2,1-2H3,(H,49,50)(H,51,52)/b7-5+,12-10+,13-11+,18-16+,19-17+,22-21+,27-25+/t41-,42+/m1/s1. The Labute approximate surface area is 343 Å². The van der Waals surface area contributed by atoms with Gasteiger partial charge in [-0.05, 0) is 83.5 Å². The number of carboxylic acid groups (broad SMARTS) is 1. The zero-order valence-corrected chi connectivity index (χ0v) is 35.8. The van der Waals surface area contributed by atoms with Gasteiger partial charge in [0.15, 0.2) is 6.10 Å². The fourth-order valence-corrected chi connectivity index (χ4v) is 5.83. The van der Waals surface area contributed by atoms with Crippen LogP contribution in [0.5, 0.6) is 0 Å². The molecule has 3 atom stereocenters. The molecule has 0 aromatic carbocycles. The Kier molecular flexibility index (Phi) is 37.2. The minimum absolute atomic E-state index is 0.114. The smallest absolute Gasteiger partial charge is 0.472 e.